The van der Waals surface area contributed by atoms with Crippen molar-refractivity contribution in [3.05, 3.63) is 42.1 Å². The van der Waals surface area contributed by atoms with E-state index in [-0.39, 0.29) is 6.10 Å². The number of fused-ring (bicyclic) bond motifs is 1. The third-order valence-electron chi connectivity index (χ3n) is 2.99. The number of aliphatic hydroxyl groups excluding tert-OH is 1. The fraction of sp³-hybridized carbons (Fsp3) is 0.357. The molecule has 90 valence electrons. The first-order valence-electron chi connectivity index (χ1n) is 5.76. The average molecular weight is 231 g/mol. The van der Waals surface area contributed by atoms with Crippen molar-refractivity contribution in [1.82, 2.24) is 4.98 Å². The SMILES string of the molecule is COC(C)C(O)Cc1ccc2ccccc2n1. The molecule has 1 aromatic heterocycles. The van der Waals surface area contributed by atoms with Gasteiger partial charge in [-0.25, -0.2) is 0 Å². The Morgan fingerprint density at radius 1 is 1.24 bits per heavy atom. The van der Waals surface area contributed by atoms with Gasteiger partial charge in [0.25, 0.3) is 0 Å². The van der Waals surface area contributed by atoms with Gasteiger partial charge in [-0.2, -0.15) is 0 Å². The minimum Gasteiger partial charge on any atom is -0.390 e. The van der Waals surface area contributed by atoms with Crippen LogP contribution >= 0.6 is 0 Å². The number of ether oxygens (including phenoxy) is 1. The zero-order valence-electron chi connectivity index (χ0n) is 10.1. The highest BCUT2D eigenvalue weighted by Crippen LogP contribution is 2.13. The molecule has 0 saturated carbocycles. The molecule has 2 unspecified atom stereocenters. The lowest BCUT2D eigenvalue weighted by Crippen LogP contribution is -2.27. The van der Waals surface area contributed by atoms with Crippen molar-refractivity contribution in [2.45, 2.75) is 25.6 Å². The molecule has 17 heavy (non-hydrogen) atoms. The van der Waals surface area contributed by atoms with Gasteiger partial charge in [-0.15, -0.1) is 0 Å². The number of nitrogens with zero attached hydrogens (tertiary/aromatic N) is 1. The second-order valence-corrected chi connectivity index (χ2v) is 4.21. The smallest absolute Gasteiger partial charge is 0.0854 e. The van der Waals surface area contributed by atoms with E-state index in [0.717, 1.165) is 16.6 Å². The minimum atomic E-state index is -0.520. The Balaban J connectivity index is 2.19. The third kappa shape index (κ3) is 2.81. The van der Waals surface area contributed by atoms with Crippen LogP contribution in [0.15, 0.2) is 36.4 Å². The predicted octanol–water partition coefficient (Wildman–Crippen LogP) is 2.17. The molecular formula is C14H17NO2. The van der Waals surface area contributed by atoms with Crippen LogP contribution in [0.2, 0.25) is 0 Å². The molecule has 3 heteroatoms. The predicted molar refractivity (Wildman–Crippen MR) is 67.9 cm³/mol. The molecule has 0 bridgehead atoms. The highest BCUT2D eigenvalue weighted by molar-refractivity contribution is 5.78. The largest absolute Gasteiger partial charge is 0.390 e. The number of hydrogen-bond donors (Lipinski definition) is 1. The number of aromatic nitrogens is 1. The Morgan fingerprint density at radius 3 is 2.76 bits per heavy atom. The quantitative estimate of drug-likeness (QED) is 0.877. The van der Waals surface area contributed by atoms with Crippen molar-refractivity contribution >= 4 is 10.9 Å². The van der Waals surface area contributed by atoms with Crippen LogP contribution in [-0.2, 0) is 11.2 Å². The van der Waals surface area contributed by atoms with E-state index in [2.05, 4.69) is 4.98 Å². The van der Waals surface area contributed by atoms with Gasteiger partial charge >= 0.3 is 0 Å². The molecule has 1 aromatic carbocycles. The summed E-state index contributed by atoms with van der Waals surface area (Å²) in [4.78, 5) is 4.52. The van der Waals surface area contributed by atoms with Crippen LogP contribution in [0, 0.1) is 0 Å². The van der Waals surface area contributed by atoms with Gasteiger partial charge in [0.05, 0.1) is 17.7 Å². The number of para-hydroxylation sites is 1. The van der Waals surface area contributed by atoms with Crippen molar-refractivity contribution in [2.75, 3.05) is 7.11 Å². The van der Waals surface area contributed by atoms with E-state index < -0.39 is 6.10 Å². The molecule has 0 aliphatic heterocycles. The highest BCUT2D eigenvalue weighted by Gasteiger charge is 2.14. The maximum Gasteiger partial charge on any atom is 0.0854 e. The molecule has 0 aliphatic carbocycles. The van der Waals surface area contributed by atoms with E-state index in [9.17, 15) is 5.11 Å². The molecule has 2 atom stereocenters. The summed E-state index contributed by atoms with van der Waals surface area (Å²) < 4.78 is 5.09. The molecule has 1 N–H and O–H groups in total. The summed E-state index contributed by atoms with van der Waals surface area (Å²) in [6.07, 6.45) is -0.184. The van der Waals surface area contributed by atoms with Gasteiger partial charge in [-0.1, -0.05) is 24.3 Å². The zero-order valence-corrected chi connectivity index (χ0v) is 10.1. The topological polar surface area (TPSA) is 42.4 Å². The number of pyridine rings is 1. The van der Waals surface area contributed by atoms with Gasteiger partial charge in [0, 0.05) is 24.6 Å². The molecule has 0 spiro atoms. The van der Waals surface area contributed by atoms with Crippen molar-refractivity contribution in [3.8, 4) is 0 Å². The van der Waals surface area contributed by atoms with E-state index in [4.69, 9.17) is 4.74 Å². The lowest BCUT2D eigenvalue weighted by molar-refractivity contribution is -0.00000881. The van der Waals surface area contributed by atoms with Crippen molar-refractivity contribution in [3.63, 3.8) is 0 Å². The molecule has 0 fully saturated rings. The minimum absolute atomic E-state index is 0.178. The molecular weight excluding hydrogens is 214 g/mol. The van der Waals surface area contributed by atoms with Gasteiger partial charge < -0.3 is 9.84 Å². The Labute approximate surface area is 101 Å². The summed E-state index contributed by atoms with van der Waals surface area (Å²) in [6.45, 7) is 1.85. The molecule has 0 aliphatic rings. The monoisotopic (exact) mass is 231 g/mol. The second-order valence-electron chi connectivity index (χ2n) is 4.21. The first-order chi connectivity index (χ1) is 8.20. The summed E-state index contributed by atoms with van der Waals surface area (Å²) in [6, 6.07) is 11.9. The summed E-state index contributed by atoms with van der Waals surface area (Å²) in [7, 11) is 1.60. The number of hydrogen-bond acceptors (Lipinski definition) is 3. The summed E-state index contributed by atoms with van der Waals surface area (Å²) in [5, 5.41) is 11.0. The van der Waals surface area contributed by atoms with Gasteiger partial charge in [-0.3, -0.25) is 4.98 Å². The van der Waals surface area contributed by atoms with E-state index >= 15 is 0 Å². The van der Waals surface area contributed by atoms with E-state index in [1.165, 1.54) is 0 Å². The van der Waals surface area contributed by atoms with Crippen molar-refractivity contribution < 1.29 is 9.84 Å². The maximum atomic E-state index is 9.88. The van der Waals surface area contributed by atoms with Gasteiger partial charge in [-0.05, 0) is 19.1 Å². The first kappa shape index (κ1) is 12.0. The Bertz CT molecular complexity index is 498. The fourth-order valence-corrected chi connectivity index (χ4v) is 1.76. The Morgan fingerprint density at radius 2 is 2.00 bits per heavy atom. The number of aliphatic hydroxyl groups is 1. The summed E-state index contributed by atoms with van der Waals surface area (Å²) >= 11 is 0. The van der Waals surface area contributed by atoms with Gasteiger partial charge in [0.2, 0.25) is 0 Å². The summed E-state index contributed by atoms with van der Waals surface area (Å²) in [5.41, 5.74) is 1.85. The fourth-order valence-electron chi connectivity index (χ4n) is 1.76. The average Bonchev–Trinajstić information content (AvgIpc) is 2.37. The van der Waals surface area contributed by atoms with Crippen molar-refractivity contribution in [2.24, 2.45) is 0 Å². The van der Waals surface area contributed by atoms with E-state index in [1.54, 1.807) is 7.11 Å². The molecule has 0 saturated heterocycles. The van der Waals surface area contributed by atoms with Crippen LogP contribution < -0.4 is 0 Å². The third-order valence-corrected chi connectivity index (χ3v) is 2.99. The van der Waals surface area contributed by atoms with Crippen LogP contribution in [0.4, 0.5) is 0 Å². The summed E-state index contributed by atoms with van der Waals surface area (Å²) in [5.74, 6) is 0. The zero-order chi connectivity index (χ0) is 12.3. The van der Waals surface area contributed by atoms with E-state index in [1.807, 2.05) is 43.3 Å². The van der Waals surface area contributed by atoms with Crippen LogP contribution in [0.1, 0.15) is 12.6 Å². The molecule has 1 heterocycles. The first-order valence-corrected chi connectivity index (χ1v) is 5.76. The molecule has 3 nitrogen and oxygen atoms in total. The second kappa shape index (κ2) is 5.25. The van der Waals surface area contributed by atoms with Crippen molar-refractivity contribution in [1.29, 1.82) is 0 Å². The number of rotatable bonds is 4. The van der Waals surface area contributed by atoms with Crippen LogP contribution in [0.5, 0.6) is 0 Å². The molecule has 2 rings (SSSR count). The molecule has 2 aromatic rings. The van der Waals surface area contributed by atoms with E-state index in [0.29, 0.717) is 6.42 Å². The standard InChI is InChI=1S/C14H17NO2/c1-10(17-2)14(16)9-12-8-7-11-5-3-4-6-13(11)15-12/h3-8,10,14,16H,9H2,1-2H3. The molecule has 0 amide bonds. The van der Waals surface area contributed by atoms with Crippen LogP contribution in [-0.4, -0.2) is 29.4 Å². The lowest BCUT2D eigenvalue weighted by atomic mass is 10.1. The molecule has 0 radical (unpaired) electrons. The maximum absolute atomic E-state index is 9.88. The normalized spacial score (nSPS) is 14.8. The lowest BCUT2D eigenvalue weighted by Gasteiger charge is -2.16. The highest BCUT2D eigenvalue weighted by atomic mass is 16.5. The number of methoxy groups -OCH3 is 1. The van der Waals surface area contributed by atoms with Gasteiger partial charge in [0.15, 0.2) is 0 Å². The number of benzene rings is 1. The Hall–Kier alpha value is -1.45. The van der Waals surface area contributed by atoms with Crippen LogP contribution in [0.25, 0.3) is 10.9 Å². The Kier molecular flexibility index (Phi) is 3.71. The van der Waals surface area contributed by atoms with Gasteiger partial charge in [0.1, 0.15) is 0 Å². The van der Waals surface area contributed by atoms with Crippen LogP contribution in [0.3, 0.4) is 0 Å².